The van der Waals surface area contributed by atoms with E-state index in [9.17, 15) is 0 Å². The minimum absolute atomic E-state index is 0.850. The maximum atomic E-state index is 5.15. The van der Waals surface area contributed by atoms with Crippen molar-refractivity contribution >= 4 is 21.5 Å². The van der Waals surface area contributed by atoms with Crippen LogP contribution in [0.25, 0.3) is 21.5 Å². The molecule has 20 heavy (non-hydrogen) atoms. The van der Waals surface area contributed by atoms with Crippen LogP contribution in [0.4, 0.5) is 0 Å². The molecule has 0 aliphatic heterocycles. The highest BCUT2D eigenvalue weighted by atomic mass is 16.5. The Hall–Kier alpha value is -1.86. The van der Waals surface area contributed by atoms with Gasteiger partial charge in [0.1, 0.15) is 0 Å². The summed E-state index contributed by atoms with van der Waals surface area (Å²) >= 11 is 0. The molecule has 0 bridgehead atoms. The Morgan fingerprint density at radius 3 is 2.00 bits per heavy atom. The SMILES string of the molecule is COCCCCc1c2ccccc2cc2ccccc12. The molecule has 0 aliphatic rings. The van der Waals surface area contributed by atoms with Crippen LogP contribution in [-0.4, -0.2) is 13.7 Å². The summed E-state index contributed by atoms with van der Waals surface area (Å²) in [4.78, 5) is 0. The quantitative estimate of drug-likeness (QED) is 0.467. The van der Waals surface area contributed by atoms with Crippen molar-refractivity contribution in [2.75, 3.05) is 13.7 Å². The third kappa shape index (κ3) is 2.54. The van der Waals surface area contributed by atoms with Gasteiger partial charge in [0.15, 0.2) is 0 Å². The predicted octanol–water partition coefficient (Wildman–Crippen LogP) is 4.96. The maximum Gasteiger partial charge on any atom is 0.0462 e. The monoisotopic (exact) mass is 264 g/mol. The zero-order valence-corrected chi connectivity index (χ0v) is 11.9. The number of hydrogen-bond donors (Lipinski definition) is 0. The summed E-state index contributed by atoms with van der Waals surface area (Å²) in [5, 5.41) is 5.47. The smallest absolute Gasteiger partial charge is 0.0462 e. The molecule has 0 heterocycles. The van der Waals surface area contributed by atoms with E-state index < -0.39 is 0 Å². The maximum absolute atomic E-state index is 5.15. The fourth-order valence-electron chi connectivity index (χ4n) is 2.93. The summed E-state index contributed by atoms with van der Waals surface area (Å²) in [5.74, 6) is 0. The molecule has 1 nitrogen and oxygen atoms in total. The molecule has 3 aromatic rings. The van der Waals surface area contributed by atoms with Gasteiger partial charge < -0.3 is 4.74 Å². The van der Waals surface area contributed by atoms with Gasteiger partial charge in [-0.15, -0.1) is 0 Å². The molecule has 0 N–H and O–H groups in total. The third-order valence-electron chi connectivity index (χ3n) is 3.91. The number of aryl methyl sites for hydroxylation is 1. The second-order valence-corrected chi connectivity index (χ2v) is 5.25. The lowest BCUT2D eigenvalue weighted by molar-refractivity contribution is 0.193. The number of benzene rings is 3. The number of methoxy groups -OCH3 is 1. The van der Waals surface area contributed by atoms with E-state index in [2.05, 4.69) is 54.6 Å². The van der Waals surface area contributed by atoms with Crippen molar-refractivity contribution in [3.63, 3.8) is 0 Å². The number of hydrogen-bond acceptors (Lipinski definition) is 1. The summed E-state index contributed by atoms with van der Waals surface area (Å²) in [6.07, 6.45) is 3.41. The number of fused-ring (bicyclic) bond motifs is 2. The second kappa shape index (κ2) is 6.06. The Kier molecular flexibility index (Phi) is 3.98. The fourth-order valence-corrected chi connectivity index (χ4v) is 2.93. The Labute approximate surface area is 120 Å². The molecule has 0 spiro atoms. The van der Waals surface area contributed by atoms with Crippen molar-refractivity contribution in [3.05, 3.63) is 60.2 Å². The molecule has 0 aliphatic carbocycles. The Bertz CT molecular complexity index is 661. The Morgan fingerprint density at radius 1 is 0.800 bits per heavy atom. The van der Waals surface area contributed by atoms with E-state index in [1.807, 2.05) is 0 Å². The summed E-state index contributed by atoms with van der Waals surface area (Å²) in [6, 6.07) is 19.7. The van der Waals surface area contributed by atoms with Gasteiger partial charge in [-0.1, -0.05) is 48.5 Å². The zero-order chi connectivity index (χ0) is 13.8. The lowest BCUT2D eigenvalue weighted by Crippen LogP contribution is -1.94. The van der Waals surface area contributed by atoms with Gasteiger partial charge >= 0.3 is 0 Å². The average molecular weight is 264 g/mol. The minimum Gasteiger partial charge on any atom is -0.385 e. The van der Waals surface area contributed by atoms with Gasteiger partial charge in [-0.2, -0.15) is 0 Å². The van der Waals surface area contributed by atoms with Gasteiger partial charge in [0.25, 0.3) is 0 Å². The molecule has 0 fully saturated rings. The highest BCUT2D eigenvalue weighted by Crippen LogP contribution is 2.29. The molecule has 0 unspecified atom stereocenters. The topological polar surface area (TPSA) is 9.23 Å². The molecule has 0 saturated carbocycles. The van der Waals surface area contributed by atoms with E-state index in [1.165, 1.54) is 33.5 Å². The van der Waals surface area contributed by atoms with Crippen LogP contribution in [0.15, 0.2) is 54.6 Å². The van der Waals surface area contributed by atoms with Crippen molar-refractivity contribution in [1.29, 1.82) is 0 Å². The fraction of sp³-hybridized carbons (Fsp3) is 0.263. The van der Waals surface area contributed by atoms with E-state index in [-0.39, 0.29) is 0 Å². The first-order valence-electron chi connectivity index (χ1n) is 7.28. The molecule has 0 amide bonds. The average Bonchev–Trinajstić information content (AvgIpc) is 2.50. The van der Waals surface area contributed by atoms with E-state index in [4.69, 9.17) is 4.74 Å². The Morgan fingerprint density at radius 2 is 1.40 bits per heavy atom. The lowest BCUT2D eigenvalue weighted by atomic mass is 9.93. The molecular weight excluding hydrogens is 244 g/mol. The van der Waals surface area contributed by atoms with Crippen molar-refractivity contribution < 1.29 is 4.74 Å². The van der Waals surface area contributed by atoms with Crippen LogP contribution in [0.3, 0.4) is 0 Å². The van der Waals surface area contributed by atoms with Crippen molar-refractivity contribution in [2.45, 2.75) is 19.3 Å². The van der Waals surface area contributed by atoms with Crippen LogP contribution in [0, 0.1) is 0 Å². The van der Waals surface area contributed by atoms with E-state index >= 15 is 0 Å². The lowest BCUT2D eigenvalue weighted by Gasteiger charge is -2.11. The zero-order valence-electron chi connectivity index (χ0n) is 11.9. The molecule has 0 atom stereocenters. The second-order valence-electron chi connectivity index (χ2n) is 5.25. The van der Waals surface area contributed by atoms with Gasteiger partial charge in [0.05, 0.1) is 0 Å². The van der Waals surface area contributed by atoms with Crippen molar-refractivity contribution in [3.8, 4) is 0 Å². The molecule has 3 rings (SSSR count). The minimum atomic E-state index is 0.850. The highest BCUT2D eigenvalue weighted by molar-refractivity contribution is 6.02. The summed E-state index contributed by atoms with van der Waals surface area (Å²) in [7, 11) is 1.77. The molecule has 3 aromatic carbocycles. The first kappa shape index (κ1) is 13.1. The van der Waals surface area contributed by atoms with E-state index in [1.54, 1.807) is 7.11 Å². The molecule has 102 valence electrons. The highest BCUT2D eigenvalue weighted by Gasteiger charge is 2.06. The van der Waals surface area contributed by atoms with Crippen molar-refractivity contribution in [2.24, 2.45) is 0 Å². The van der Waals surface area contributed by atoms with Gasteiger partial charge in [0.2, 0.25) is 0 Å². The van der Waals surface area contributed by atoms with E-state index in [0.29, 0.717) is 0 Å². The first-order chi connectivity index (χ1) is 9.90. The van der Waals surface area contributed by atoms with Crippen LogP contribution in [0.2, 0.25) is 0 Å². The standard InChI is InChI=1S/C19H20O/c1-20-13-7-6-12-19-17-10-4-2-8-15(17)14-16-9-3-5-11-18(16)19/h2-5,8-11,14H,6-7,12-13H2,1H3. The predicted molar refractivity (Wildman–Crippen MR) is 86.3 cm³/mol. The van der Waals surface area contributed by atoms with Crippen LogP contribution in [-0.2, 0) is 11.2 Å². The largest absolute Gasteiger partial charge is 0.385 e. The summed E-state index contributed by atoms with van der Waals surface area (Å²) in [5.41, 5.74) is 1.48. The molecule has 1 heteroatoms. The van der Waals surface area contributed by atoms with Crippen LogP contribution in [0.5, 0.6) is 0 Å². The molecule has 0 aromatic heterocycles. The van der Waals surface area contributed by atoms with Gasteiger partial charge in [-0.25, -0.2) is 0 Å². The summed E-state index contributed by atoms with van der Waals surface area (Å²) < 4.78 is 5.15. The number of unbranched alkanes of at least 4 members (excludes halogenated alkanes) is 1. The van der Waals surface area contributed by atoms with Crippen LogP contribution >= 0.6 is 0 Å². The molecular formula is C19H20O. The molecule has 0 saturated heterocycles. The van der Waals surface area contributed by atoms with Crippen LogP contribution < -0.4 is 0 Å². The normalized spacial score (nSPS) is 11.2. The first-order valence-corrected chi connectivity index (χ1v) is 7.28. The Balaban J connectivity index is 2.08. The number of rotatable bonds is 5. The third-order valence-corrected chi connectivity index (χ3v) is 3.91. The van der Waals surface area contributed by atoms with Crippen LogP contribution in [0.1, 0.15) is 18.4 Å². The van der Waals surface area contributed by atoms with Gasteiger partial charge in [0, 0.05) is 13.7 Å². The van der Waals surface area contributed by atoms with Crippen molar-refractivity contribution in [1.82, 2.24) is 0 Å². The molecule has 0 radical (unpaired) electrons. The number of ether oxygens (including phenoxy) is 1. The van der Waals surface area contributed by atoms with E-state index in [0.717, 1.165) is 19.4 Å². The van der Waals surface area contributed by atoms with Gasteiger partial charge in [-0.3, -0.25) is 0 Å². The van der Waals surface area contributed by atoms with Gasteiger partial charge in [-0.05, 0) is 52.4 Å². The summed E-state index contributed by atoms with van der Waals surface area (Å²) in [6.45, 7) is 0.850.